The van der Waals surface area contributed by atoms with Gasteiger partial charge in [0.15, 0.2) is 0 Å². The van der Waals surface area contributed by atoms with Gasteiger partial charge >= 0.3 is 0 Å². The molecule has 2 heterocycles. The highest BCUT2D eigenvalue weighted by Gasteiger charge is 2.36. The van der Waals surface area contributed by atoms with Gasteiger partial charge in [0.2, 0.25) is 5.91 Å². The average molecular weight is 358 g/mol. The molecule has 2 aromatic carbocycles. The number of nitrogens with one attached hydrogen (secondary N) is 1. The predicted octanol–water partition coefficient (Wildman–Crippen LogP) is 3.87. The molecule has 1 atom stereocenters. The summed E-state index contributed by atoms with van der Waals surface area (Å²) in [5.74, 6) is 0.0344. The summed E-state index contributed by atoms with van der Waals surface area (Å²) in [6.07, 6.45) is 4.55. The van der Waals surface area contributed by atoms with Crippen LogP contribution < -0.4 is 5.32 Å². The van der Waals surface area contributed by atoms with Gasteiger partial charge in [-0.25, -0.2) is 0 Å². The van der Waals surface area contributed by atoms with E-state index in [-0.39, 0.29) is 5.91 Å². The number of fused-ring (bicyclic) bond motifs is 1. The number of nitrogens with zero attached hydrogens (tertiary/aromatic N) is 1. The van der Waals surface area contributed by atoms with Crippen molar-refractivity contribution in [3.63, 3.8) is 0 Å². The first kappa shape index (κ1) is 17.4. The second kappa shape index (κ2) is 6.63. The fraction of sp³-hybridized carbons (Fsp3) is 0.217. The van der Waals surface area contributed by atoms with Gasteiger partial charge in [-0.2, -0.15) is 0 Å². The molecule has 136 valence electrons. The van der Waals surface area contributed by atoms with Crippen LogP contribution in [-0.2, 0) is 16.8 Å². The van der Waals surface area contributed by atoms with E-state index in [1.807, 2.05) is 56.3 Å². The van der Waals surface area contributed by atoms with E-state index in [0.717, 1.165) is 39.1 Å². The molecule has 3 aromatic rings. The highest BCUT2D eigenvalue weighted by atomic mass is 16.3. The van der Waals surface area contributed by atoms with Crippen LogP contribution in [0.3, 0.4) is 0 Å². The lowest BCUT2D eigenvalue weighted by atomic mass is 9.78. The van der Waals surface area contributed by atoms with Crippen LogP contribution in [0.25, 0.3) is 0 Å². The van der Waals surface area contributed by atoms with Gasteiger partial charge in [0.1, 0.15) is 5.60 Å². The van der Waals surface area contributed by atoms with Crippen molar-refractivity contribution >= 4 is 11.6 Å². The Morgan fingerprint density at radius 2 is 1.89 bits per heavy atom. The number of carbonyl (C=O) groups excluding carboxylic acids is 1. The smallest absolute Gasteiger partial charge is 0.224 e. The number of rotatable bonds is 3. The van der Waals surface area contributed by atoms with Gasteiger partial charge < -0.3 is 10.4 Å². The van der Waals surface area contributed by atoms with Crippen LogP contribution >= 0.6 is 0 Å². The summed E-state index contributed by atoms with van der Waals surface area (Å²) in [5.41, 5.74) is 5.05. The summed E-state index contributed by atoms with van der Waals surface area (Å²) in [4.78, 5) is 15.9. The minimum atomic E-state index is -1.32. The molecule has 1 aliphatic heterocycles. The Kier molecular flexibility index (Phi) is 4.28. The van der Waals surface area contributed by atoms with Crippen LogP contribution in [0.2, 0.25) is 0 Å². The topological polar surface area (TPSA) is 62.2 Å². The molecule has 0 spiro atoms. The molecule has 2 N–H and O–H groups in total. The Labute approximate surface area is 158 Å². The lowest BCUT2D eigenvalue weighted by molar-refractivity contribution is -0.116. The molecule has 1 amide bonds. The van der Waals surface area contributed by atoms with Gasteiger partial charge in [-0.1, -0.05) is 42.0 Å². The number of amides is 1. The summed E-state index contributed by atoms with van der Waals surface area (Å²) in [5, 5.41) is 14.9. The summed E-state index contributed by atoms with van der Waals surface area (Å²) < 4.78 is 0. The number of pyridine rings is 1. The van der Waals surface area contributed by atoms with Gasteiger partial charge in [0.25, 0.3) is 0 Å². The lowest BCUT2D eigenvalue weighted by Gasteiger charge is -2.32. The summed E-state index contributed by atoms with van der Waals surface area (Å²) in [6.45, 7) is 4.06. The van der Waals surface area contributed by atoms with Crippen molar-refractivity contribution in [3.8, 4) is 0 Å². The third kappa shape index (κ3) is 3.02. The van der Waals surface area contributed by atoms with E-state index in [4.69, 9.17) is 0 Å². The van der Waals surface area contributed by atoms with Crippen LogP contribution in [0.15, 0.2) is 60.9 Å². The van der Waals surface area contributed by atoms with Crippen molar-refractivity contribution in [2.75, 3.05) is 5.32 Å². The molecule has 1 unspecified atom stereocenters. The van der Waals surface area contributed by atoms with Gasteiger partial charge in [0.05, 0.1) is 0 Å². The third-order valence-electron chi connectivity index (χ3n) is 5.27. The number of hydrogen-bond acceptors (Lipinski definition) is 3. The summed E-state index contributed by atoms with van der Waals surface area (Å²) >= 11 is 0. The SMILES string of the molecule is Cc1ccc(C(O)(c2cccnc2)c2ccc3c(c2)CCC(=O)N3)c(C)c1. The van der Waals surface area contributed by atoms with Crippen LogP contribution in [-0.4, -0.2) is 16.0 Å². The zero-order valence-corrected chi connectivity index (χ0v) is 15.5. The van der Waals surface area contributed by atoms with Crippen molar-refractivity contribution in [1.29, 1.82) is 0 Å². The Morgan fingerprint density at radius 1 is 1.04 bits per heavy atom. The maximum absolute atomic E-state index is 12.0. The van der Waals surface area contributed by atoms with E-state index < -0.39 is 5.60 Å². The molecule has 0 saturated heterocycles. The van der Waals surface area contributed by atoms with Gasteiger partial charge in [-0.15, -0.1) is 0 Å². The fourth-order valence-corrected chi connectivity index (χ4v) is 3.88. The Morgan fingerprint density at radius 3 is 2.63 bits per heavy atom. The quantitative estimate of drug-likeness (QED) is 0.747. The van der Waals surface area contributed by atoms with Crippen molar-refractivity contribution in [3.05, 3.63) is 94.3 Å². The normalized spacial score (nSPS) is 15.6. The number of carbonyl (C=O) groups is 1. The van der Waals surface area contributed by atoms with E-state index >= 15 is 0 Å². The molecule has 0 fully saturated rings. The van der Waals surface area contributed by atoms with Gasteiger partial charge in [-0.05, 0) is 54.7 Å². The minimum Gasteiger partial charge on any atom is -0.376 e. The van der Waals surface area contributed by atoms with Crippen molar-refractivity contribution in [1.82, 2.24) is 4.98 Å². The van der Waals surface area contributed by atoms with E-state index in [9.17, 15) is 9.90 Å². The van der Waals surface area contributed by atoms with Crippen molar-refractivity contribution in [2.24, 2.45) is 0 Å². The molecular weight excluding hydrogens is 336 g/mol. The van der Waals surface area contributed by atoms with Crippen LogP contribution in [0, 0.1) is 13.8 Å². The van der Waals surface area contributed by atoms with Gasteiger partial charge in [0, 0.05) is 30.1 Å². The molecule has 27 heavy (non-hydrogen) atoms. The number of anilines is 1. The van der Waals surface area contributed by atoms with E-state index in [1.54, 1.807) is 12.4 Å². The molecule has 0 radical (unpaired) electrons. The molecule has 0 aliphatic carbocycles. The largest absolute Gasteiger partial charge is 0.376 e. The first-order valence-electron chi connectivity index (χ1n) is 9.12. The predicted molar refractivity (Wildman–Crippen MR) is 106 cm³/mol. The van der Waals surface area contributed by atoms with Crippen molar-refractivity contribution < 1.29 is 9.90 Å². The average Bonchev–Trinajstić information content (AvgIpc) is 2.67. The van der Waals surface area contributed by atoms with Crippen LogP contribution in [0.4, 0.5) is 5.69 Å². The molecule has 0 saturated carbocycles. The summed E-state index contributed by atoms with van der Waals surface area (Å²) in [6, 6.07) is 15.6. The zero-order chi connectivity index (χ0) is 19.0. The zero-order valence-electron chi connectivity index (χ0n) is 15.5. The monoisotopic (exact) mass is 358 g/mol. The molecule has 0 bridgehead atoms. The number of aliphatic hydroxyl groups is 1. The number of aromatic nitrogens is 1. The van der Waals surface area contributed by atoms with Crippen LogP contribution in [0.5, 0.6) is 0 Å². The highest BCUT2D eigenvalue weighted by Crippen LogP contribution is 2.40. The maximum Gasteiger partial charge on any atom is 0.224 e. The fourth-order valence-electron chi connectivity index (χ4n) is 3.88. The Balaban J connectivity index is 1.93. The third-order valence-corrected chi connectivity index (χ3v) is 5.27. The lowest BCUT2D eigenvalue weighted by Crippen LogP contribution is -2.30. The molecule has 4 rings (SSSR count). The molecule has 1 aliphatic rings. The maximum atomic E-state index is 12.0. The van der Waals surface area contributed by atoms with E-state index in [2.05, 4.69) is 16.4 Å². The second-order valence-electron chi connectivity index (χ2n) is 7.19. The minimum absolute atomic E-state index is 0.0344. The Bertz CT molecular complexity index is 1010. The molecule has 4 nitrogen and oxygen atoms in total. The molecular formula is C23H22N2O2. The standard InChI is InChI=1S/C23H22N2O2/c1-15-5-8-20(16(2)12-15)23(27,19-4-3-11-24-14-19)18-7-9-21-17(13-18)6-10-22(26)25-21/h3-5,7-9,11-14,27H,6,10H2,1-2H3,(H,25,26). The van der Waals surface area contributed by atoms with E-state index in [0.29, 0.717) is 12.8 Å². The van der Waals surface area contributed by atoms with E-state index in [1.165, 1.54) is 0 Å². The molecule has 4 heteroatoms. The first-order valence-corrected chi connectivity index (χ1v) is 9.12. The Hall–Kier alpha value is -2.98. The first-order chi connectivity index (χ1) is 13.0. The second-order valence-corrected chi connectivity index (χ2v) is 7.19. The summed E-state index contributed by atoms with van der Waals surface area (Å²) in [7, 11) is 0. The van der Waals surface area contributed by atoms with Crippen LogP contribution in [0.1, 0.15) is 39.8 Å². The number of aryl methyl sites for hydroxylation is 3. The number of hydrogen-bond donors (Lipinski definition) is 2. The molecule has 1 aromatic heterocycles. The van der Waals surface area contributed by atoms with Gasteiger partial charge in [-0.3, -0.25) is 9.78 Å². The van der Waals surface area contributed by atoms with Crippen molar-refractivity contribution in [2.45, 2.75) is 32.3 Å². The highest BCUT2D eigenvalue weighted by molar-refractivity contribution is 5.94. The number of benzene rings is 2.